The van der Waals surface area contributed by atoms with Crippen molar-refractivity contribution in [2.24, 2.45) is 11.5 Å². The highest BCUT2D eigenvalue weighted by molar-refractivity contribution is 5.95. The number of aromatic amines is 1. The molecule has 0 aliphatic rings. The number of benzene rings is 1. The van der Waals surface area contributed by atoms with Gasteiger partial charge in [-0.1, -0.05) is 18.2 Å². The van der Waals surface area contributed by atoms with Gasteiger partial charge in [0.15, 0.2) is 0 Å². The van der Waals surface area contributed by atoms with E-state index in [0.717, 1.165) is 10.9 Å². The van der Waals surface area contributed by atoms with Crippen LogP contribution in [0.25, 0.3) is 10.9 Å². The molecular weight excluding hydrogens is 544 g/mol. The van der Waals surface area contributed by atoms with Gasteiger partial charge in [-0.3, -0.25) is 28.8 Å². The Hall–Kier alpha value is -4.99. The molecule has 0 aliphatic heterocycles. The molecule has 11 N–H and O–H groups in total. The van der Waals surface area contributed by atoms with Crippen LogP contribution >= 0.6 is 0 Å². The predicted molar refractivity (Wildman–Crippen MR) is 141 cm³/mol. The Morgan fingerprint density at radius 3 is 1.95 bits per heavy atom. The van der Waals surface area contributed by atoms with E-state index >= 15 is 0 Å². The van der Waals surface area contributed by atoms with Crippen LogP contribution in [0.5, 0.6) is 0 Å². The summed E-state index contributed by atoms with van der Waals surface area (Å²) < 4.78 is 0. The Bertz CT molecular complexity index is 1310. The normalized spacial score (nSPS) is 13.8. The van der Waals surface area contributed by atoms with Crippen LogP contribution in [0, 0.1) is 0 Å². The fraction of sp³-hybridized carbons (Fsp3) is 0.400. The third-order valence-corrected chi connectivity index (χ3v) is 6.04. The third kappa shape index (κ3) is 10.2. The molecule has 222 valence electrons. The van der Waals surface area contributed by atoms with E-state index in [4.69, 9.17) is 21.7 Å². The van der Waals surface area contributed by atoms with Crippen LogP contribution in [0.3, 0.4) is 0 Å². The lowest BCUT2D eigenvalue weighted by Gasteiger charge is -2.25. The van der Waals surface area contributed by atoms with Gasteiger partial charge >= 0.3 is 17.9 Å². The highest BCUT2D eigenvalue weighted by Crippen LogP contribution is 2.19. The van der Waals surface area contributed by atoms with E-state index in [1.54, 1.807) is 30.5 Å². The zero-order valence-corrected chi connectivity index (χ0v) is 21.8. The van der Waals surface area contributed by atoms with E-state index in [2.05, 4.69) is 20.9 Å². The summed E-state index contributed by atoms with van der Waals surface area (Å²) in [6.45, 7) is 0. The molecule has 0 spiro atoms. The number of carbonyl (C=O) groups excluding carboxylic acids is 4. The molecule has 0 fully saturated rings. The van der Waals surface area contributed by atoms with E-state index in [0.29, 0.717) is 5.56 Å². The first-order valence-corrected chi connectivity index (χ1v) is 12.4. The van der Waals surface area contributed by atoms with E-state index in [1.807, 2.05) is 0 Å². The molecule has 4 atom stereocenters. The van der Waals surface area contributed by atoms with Gasteiger partial charge in [0.05, 0.1) is 12.5 Å². The van der Waals surface area contributed by atoms with Crippen LogP contribution in [-0.4, -0.2) is 86.0 Å². The third-order valence-electron chi connectivity index (χ3n) is 6.04. The number of carboxylic acid groups (broad SMARTS) is 3. The van der Waals surface area contributed by atoms with Crippen LogP contribution in [0.4, 0.5) is 0 Å². The first-order valence-electron chi connectivity index (χ1n) is 12.4. The van der Waals surface area contributed by atoms with Crippen LogP contribution in [0.15, 0.2) is 30.5 Å². The maximum Gasteiger partial charge on any atom is 0.326 e. The lowest BCUT2D eigenvalue weighted by Crippen LogP contribution is -2.58. The molecule has 41 heavy (non-hydrogen) atoms. The number of carbonyl (C=O) groups is 7. The molecule has 1 heterocycles. The molecule has 0 aliphatic carbocycles. The standard InChI is InChI=1S/C25H32N6O10/c26-14(5-7-20(33)34)22(37)30-17(9-12-11-28-15-4-2-1-3-13(12)15)24(39)29-16(6-8-21(35)36)23(38)31-18(25(40)41)10-19(27)32/h1-4,11,14,16-18,28H,5-10,26H2,(H2,27,32)(H,29,39)(H,30,37)(H,31,38)(H,33,34)(H,35,36)(H,40,41). The highest BCUT2D eigenvalue weighted by Gasteiger charge is 2.31. The van der Waals surface area contributed by atoms with Crippen LogP contribution in [0.1, 0.15) is 37.7 Å². The zero-order valence-electron chi connectivity index (χ0n) is 21.8. The van der Waals surface area contributed by atoms with Crippen molar-refractivity contribution in [1.82, 2.24) is 20.9 Å². The average molecular weight is 577 g/mol. The summed E-state index contributed by atoms with van der Waals surface area (Å²) in [5.74, 6) is -7.96. The molecule has 2 rings (SSSR count). The van der Waals surface area contributed by atoms with Crippen molar-refractivity contribution in [3.63, 3.8) is 0 Å². The maximum absolute atomic E-state index is 13.4. The van der Waals surface area contributed by atoms with Crippen molar-refractivity contribution < 1.29 is 48.9 Å². The van der Waals surface area contributed by atoms with Crippen molar-refractivity contribution in [2.45, 2.75) is 62.7 Å². The largest absolute Gasteiger partial charge is 0.481 e. The number of carboxylic acids is 3. The average Bonchev–Trinajstić information content (AvgIpc) is 3.30. The minimum absolute atomic E-state index is 0.111. The second kappa shape index (κ2) is 15.0. The van der Waals surface area contributed by atoms with Crippen molar-refractivity contribution in [2.75, 3.05) is 0 Å². The predicted octanol–water partition coefficient (Wildman–Crippen LogP) is -1.82. The fourth-order valence-electron chi connectivity index (χ4n) is 3.90. The number of rotatable bonds is 17. The number of aliphatic carboxylic acids is 3. The van der Waals surface area contributed by atoms with E-state index in [1.165, 1.54) is 0 Å². The Labute approximate surface area is 232 Å². The number of para-hydroxylation sites is 1. The van der Waals surface area contributed by atoms with Crippen LogP contribution < -0.4 is 27.4 Å². The summed E-state index contributed by atoms with van der Waals surface area (Å²) in [5.41, 5.74) is 12.2. The first kappa shape index (κ1) is 32.2. The lowest BCUT2D eigenvalue weighted by molar-refractivity contribution is -0.144. The van der Waals surface area contributed by atoms with E-state index in [-0.39, 0.29) is 12.8 Å². The summed E-state index contributed by atoms with van der Waals surface area (Å²) in [6.07, 6.45) is -0.928. The Balaban J connectivity index is 2.32. The number of nitrogens with two attached hydrogens (primary N) is 2. The second-order valence-corrected chi connectivity index (χ2v) is 9.23. The van der Waals surface area contributed by atoms with Gasteiger partial charge in [-0.05, 0) is 24.5 Å². The molecule has 0 bridgehead atoms. The van der Waals surface area contributed by atoms with Gasteiger partial charge in [0.25, 0.3) is 0 Å². The van der Waals surface area contributed by atoms with Gasteiger partial charge < -0.3 is 47.7 Å². The Kier molecular flexibility index (Phi) is 11.8. The van der Waals surface area contributed by atoms with Gasteiger partial charge in [0.1, 0.15) is 18.1 Å². The summed E-state index contributed by atoms with van der Waals surface area (Å²) in [4.78, 5) is 86.7. The second-order valence-electron chi connectivity index (χ2n) is 9.23. The van der Waals surface area contributed by atoms with Crippen molar-refractivity contribution >= 4 is 52.4 Å². The lowest BCUT2D eigenvalue weighted by atomic mass is 10.0. The van der Waals surface area contributed by atoms with E-state index < -0.39 is 91.4 Å². The minimum Gasteiger partial charge on any atom is -0.481 e. The van der Waals surface area contributed by atoms with Crippen molar-refractivity contribution in [3.05, 3.63) is 36.0 Å². The monoisotopic (exact) mass is 576 g/mol. The maximum atomic E-state index is 13.4. The molecule has 4 unspecified atom stereocenters. The van der Waals surface area contributed by atoms with Crippen molar-refractivity contribution in [3.8, 4) is 0 Å². The molecule has 0 radical (unpaired) electrons. The number of aromatic nitrogens is 1. The quantitative estimate of drug-likeness (QED) is 0.101. The number of fused-ring (bicyclic) bond motifs is 1. The topological polar surface area (TPSA) is 284 Å². The summed E-state index contributed by atoms with van der Waals surface area (Å²) in [6, 6.07) is 1.14. The Morgan fingerprint density at radius 2 is 1.34 bits per heavy atom. The summed E-state index contributed by atoms with van der Waals surface area (Å²) in [5, 5.41) is 34.9. The summed E-state index contributed by atoms with van der Waals surface area (Å²) >= 11 is 0. The molecule has 2 aromatic rings. The van der Waals surface area contributed by atoms with Gasteiger partial charge in [0, 0.05) is 36.4 Å². The molecule has 0 saturated carbocycles. The van der Waals surface area contributed by atoms with Gasteiger partial charge in [-0.15, -0.1) is 0 Å². The highest BCUT2D eigenvalue weighted by atomic mass is 16.4. The van der Waals surface area contributed by atoms with Gasteiger partial charge in [-0.2, -0.15) is 0 Å². The number of hydrogen-bond donors (Lipinski definition) is 9. The molecular formula is C25H32N6O10. The first-order chi connectivity index (χ1) is 19.3. The van der Waals surface area contributed by atoms with Gasteiger partial charge in [0.2, 0.25) is 23.6 Å². The number of primary amides is 1. The van der Waals surface area contributed by atoms with Gasteiger partial charge in [-0.25, -0.2) is 4.79 Å². The van der Waals surface area contributed by atoms with Crippen molar-refractivity contribution in [1.29, 1.82) is 0 Å². The smallest absolute Gasteiger partial charge is 0.326 e. The summed E-state index contributed by atoms with van der Waals surface area (Å²) in [7, 11) is 0. The molecule has 1 aromatic carbocycles. The molecule has 16 nitrogen and oxygen atoms in total. The molecule has 1 aromatic heterocycles. The van der Waals surface area contributed by atoms with Crippen LogP contribution in [0.2, 0.25) is 0 Å². The molecule has 16 heteroatoms. The molecule has 0 saturated heterocycles. The Morgan fingerprint density at radius 1 is 0.780 bits per heavy atom. The minimum atomic E-state index is -1.74. The van der Waals surface area contributed by atoms with Crippen LogP contribution in [-0.2, 0) is 40.0 Å². The fourth-order valence-corrected chi connectivity index (χ4v) is 3.90. The molecule has 4 amide bonds. The van der Waals surface area contributed by atoms with E-state index in [9.17, 15) is 38.7 Å². The number of hydrogen-bond acceptors (Lipinski definition) is 8. The SMILES string of the molecule is NC(=O)CC(NC(=O)C(CCC(=O)O)NC(=O)C(Cc1c[nH]c2ccccc12)NC(=O)C(N)CCC(=O)O)C(=O)O. The number of amides is 4. The zero-order chi connectivity index (χ0) is 30.7. The number of nitrogens with one attached hydrogen (secondary N) is 4. The number of H-pyrrole nitrogens is 1.